The summed E-state index contributed by atoms with van der Waals surface area (Å²) in [6, 6.07) is 4.36. The van der Waals surface area contributed by atoms with E-state index >= 15 is 0 Å². The quantitative estimate of drug-likeness (QED) is 0.484. The van der Waals surface area contributed by atoms with E-state index in [0.29, 0.717) is 0 Å². The number of aliphatic imine (C=N–C) groups is 1. The molecule has 2 N–H and O–H groups in total. The molecule has 1 aliphatic heterocycles. The lowest BCUT2D eigenvalue weighted by Crippen LogP contribution is -2.38. The minimum Gasteiger partial charge on any atom is -0.370 e. The molecule has 0 aromatic carbocycles. The molecule has 0 atom stereocenters. The summed E-state index contributed by atoms with van der Waals surface area (Å²) >= 11 is 1.84. The van der Waals surface area contributed by atoms with E-state index in [1.165, 1.54) is 35.4 Å². The Hall–Kier alpha value is -0.300. The summed E-state index contributed by atoms with van der Waals surface area (Å²) in [6.45, 7) is 5.05. The van der Waals surface area contributed by atoms with E-state index < -0.39 is 0 Å². The Morgan fingerprint density at radius 2 is 1.84 bits per heavy atom. The van der Waals surface area contributed by atoms with Gasteiger partial charge in [-0.1, -0.05) is 19.8 Å². The monoisotopic (exact) mass is 393 g/mol. The van der Waals surface area contributed by atoms with Gasteiger partial charge in [0.15, 0.2) is 5.96 Å². The Labute approximate surface area is 137 Å². The van der Waals surface area contributed by atoms with Crippen LogP contribution in [0.25, 0.3) is 0 Å². The van der Waals surface area contributed by atoms with E-state index in [1.807, 2.05) is 11.3 Å². The van der Waals surface area contributed by atoms with Gasteiger partial charge in [0.2, 0.25) is 0 Å². The molecular weight excluding hydrogens is 369 g/mol. The maximum atomic E-state index is 6.09. The molecule has 0 saturated carbocycles. The van der Waals surface area contributed by atoms with Crippen LogP contribution in [0.3, 0.4) is 0 Å². The molecule has 5 heteroatoms. The minimum atomic E-state index is 0. The van der Waals surface area contributed by atoms with Gasteiger partial charge < -0.3 is 10.6 Å². The topological polar surface area (TPSA) is 41.6 Å². The number of aryl methyl sites for hydroxylation is 1. The lowest BCUT2D eigenvalue weighted by molar-refractivity contribution is 0.428. The molecule has 0 amide bonds. The number of halogens is 1. The summed E-state index contributed by atoms with van der Waals surface area (Å²) in [5.74, 6) is 0.725. The lowest BCUT2D eigenvalue weighted by atomic mass is 10.2. The van der Waals surface area contributed by atoms with E-state index in [9.17, 15) is 0 Å². The molecule has 0 unspecified atom stereocenters. The zero-order valence-corrected chi connectivity index (χ0v) is 14.7. The Bertz CT molecular complexity index is 395. The standard InChI is InChI=1S/C14H23N3S.HI/c1-2-12-7-8-13(18-12)11-16-14(15)17-9-5-3-4-6-10-17;/h7-8H,2-6,9-11H2,1H3,(H2,15,16);1H. The maximum absolute atomic E-state index is 6.09. The normalized spacial score (nSPS) is 16.9. The molecule has 2 heterocycles. The first-order valence-corrected chi connectivity index (χ1v) is 7.73. The highest BCUT2D eigenvalue weighted by atomic mass is 127. The van der Waals surface area contributed by atoms with Crippen molar-refractivity contribution in [2.24, 2.45) is 10.7 Å². The van der Waals surface area contributed by atoms with Crippen molar-refractivity contribution in [2.75, 3.05) is 13.1 Å². The number of rotatable bonds is 3. The second-order valence-electron chi connectivity index (χ2n) is 4.80. The summed E-state index contributed by atoms with van der Waals surface area (Å²) in [7, 11) is 0. The van der Waals surface area contributed by atoms with Gasteiger partial charge in [0.25, 0.3) is 0 Å². The number of nitrogens with two attached hydrogens (primary N) is 1. The predicted molar refractivity (Wildman–Crippen MR) is 94.5 cm³/mol. The van der Waals surface area contributed by atoms with Gasteiger partial charge in [-0.3, -0.25) is 0 Å². The van der Waals surface area contributed by atoms with E-state index in [1.54, 1.807) is 0 Å². The first kappa shape index (κ1) is 16.8. The van der Waals surface area contributed by atoms with Crippen molar-refractivity contribution in [3.05, 3.63) is 21.9 Å². The Balaban J connectivity index is 0.00000180. The van der Waals surface area contributed by atoms with Crippen LogP contribution >= 0.6 is 35.3 Å². The molecule has 1 aromatic heterocycles. The minimum absolute atomic E-state index is 0. The summed E-state index contributed by atoms with van der Waals surface area (Å²) in [6.07, 6.45) is 6.25. The fraction of sp³-hybridized carbons (Fsp3) is 0.643. The van der Waals surface area contributed by atoms with Gasteiger partial charge in [0.1, 0.15) is 0 Å². The summed E-state index contributed by atoms with van der Waals surface area (Å²) < 4.78 is 0. The van der Waals surface area contributed by atoms with Crippen LogP contribution in [0.15, 0.2) is 17.1 Å². The fourth-order valence-electron chi connectivity index (χ4n) is 2.26. The molecule has 0 aliphatic carbocycles. The highest BCUT2D eigenvalue weighted by Gasteiger charge is 2.10. The summed E-state index contributed by atoms with van der Waals surface area (Å²) in [5, 5.41) is 0. The SMILES string of the molecule is CCc1ccc(CN=C(N)N2CCCCCC2)s1.I. The van der Waals surface area contributed by atoms with Crippen LogP contribution in [0, 0.1) is 0 Å². The van der Waals surface area contributed by atoms with E-state index in [4.69, 9.17) is 5.73 Å². The van der Waals surface area contributed by atoms with Crippen molar-refractivity contribution in [1.82, 2.24) is 4.90 Å². The third kappa shape index (κ3) is 5.30. The zero-order chi connectivity index (χ0) is 12.8. The van der Waals surface area contributed by atoms with E-state index in [-0.39, 0.29) is 24.0 Å². The Morgan fingerprint density at radius 3 is 2.42 bits per heavy atom. The average molecular weight is 393 g/mol. The molecule has 0 radical (unpaired) electrons. The smallest absolute Gasteiger partial charge is 0.191 e. The van der Waals surface area contributed by atoms with E-state index in [0.717, 1.165) is 32.0 Å². The van der Waals surface area contributed by atoms with Gasteiger partial charge in [-0.05, 0) is 31.4 Å². The molecule has 1 saturated heterocycles. The van der Waals surface area contributed by atoms with Crippen molar-refractivity contribution < 1.29 is 0 Å². The molecule has 2 rings (SSSR count). The largest absolute Gasteiger partial charge is 0.370 e. The Kier molecular flexibility index (Phi) is 7.75. The van der Waals surface area contributed by atoms with Crippen molar-refractivity contribution in [3.8, 4) is 0 Å². The van der Waals surface area contributed by atoms with Crippen LogP contribution in [0.4, 0.5) is 0 Å². The molecule has 1 fully saturated rings. The van der Waals surface area contributed by atoms with Crippen LogP contribution in [0.5, 0.6) is 0 Å². The molecule has 0 spiro atoms. The number of guanidine groups is 1. The van der Waals surface area contributed by atoms with Crippen molar-refractivity contribution in [1.29, 1.82) is 0 Å². The third-order valence-corrected chi connectivity index (χ3v) is 4.61. The Morgan fingerprint density at radius 1 is 1.21 bits per heavy atom. The van der Waals surface area contributed by atoms with Crippen molar-refractivity contribution in [3.63, 3.8) is 0 Å². The lowest BCUT2D eigenvalue weighted by Gasteiger charge is -2.20. The van der Waals surface area contributed by atoms with Gasteiger partial charge >= 0.3 is 0 Å². The second kappa shape index (κ2) is 8.79. The van der Waals surface area contributed by atoms with Gasteiger partial charge in [-0.25, -0.2) is 4.99 Å². The van der Waals surface area contributed by atoms with Gasteiger partial charge in [0, 0.05) is 22.8 Å². The average Bonchev–Trinajstić information content (AvgIpc) is 2.68. The highest BCUT2D eigenvalue weighted by molar-refractivity contribution is 14.0. The van der Waals surface area contributed by atoms with Crippen molar-refractivity contribution >= 4 is 41.3 Å². The predicted octanol–water partition coefficient (Wildman–Crippen LogP) is 3.62. The van der Waals surface area contributed by atoms with Crippen LogP contribution in [0.2, 0.25) is 0 Å². The number of likely N-dealkylation sites (tertiary alicyclic amines) is 1. The molecule has 1 aliphatic rings. The van der Waals surface area contributed by atoms with Crippen LogP contribution in [-0.2, 0) is 13.0 Å². The summed E-state index contributed by atoms with van der Waals surface area (Å²) in [4.78, 5) is 9.51. The fourth-order valence-corrected chi connectivity index (χ4v) is 3.14. The number of nitrogens with zero attached hydrogens (tertiary/aromatic N) is 2. The summed E-state index contributed by atoms with van der Waals surface area (Å²) in [5.41, 5.74) is 6.09. The first-order chi connectivity index (χ1) is 8.79. The third-order valence-electron chi connectivity index (χ3n) is 3.39. The van der Waals surface area contributed by atoms with Gasteiger partial charge in [-0.2, -0.15) is 0 Å². The first-order valence-electron chi connectivity index (χ1n) is 6.92. The number of hydrogen-bond acceptors (Lipinski definition) is 2. The molecule has 0 bridgehead atoms. The second-order valence-corrected chi connectivity index (χ2v) is 6.05. The van der Waals surface area contributed by atoms with Crippen LogP contribution < -0.4 is 5.73 Å². The maximum Gasteiger partial charge on any atom is 0.191 e. The zero-order valence-electron chi connectivity index (χ0n) is 11.6. The number of thiophene rings is 1. The molecule has 3 nitrogen and oxygen atoms in total. The highest BCUT2D eigenvalue weighted by Crippen LogP contribution is 2.18. The molecule has 19 heavy (non-hydrogen) atoms. The van der Waals surface area contributed by atoms with Gasteiger partial charge in [-0.15, -0.1) is 35.3 Å². The number of hydrogen-bond donors (Lipinski definition) is 1. The van der Waals surface area contributed by atoms with Crippen molar-refractivity contribution in [2.45, 2.75) is 45.6 Å². The molecule has 108 valence electrons. The van der Waals surface area contributed by atoms with Crippen LogP contribution in [0.1, 0.15) is 42.4 Å². The van der Waals surface area contributed by atoms with E-state index in [2.05, 4.69) is 28.9 Å². The van der Waals surface area contributed by atoms with Gasteiger partial charge in [0.05, 0.1) is 6.54 Å². The molecular formula is C14H24IN3S. The molecule has 1 aromatic rings. The van der Waals surface area contributed by atoms with Crippen LogP contribution in [-0.4, -0.2) is 23.9 Å².